The van der Waals surface area contributed by atoms with Gasteiger partial charge in [-0.2, -0.15) is 0 Å². The van der Waals surface area contributed by atoms with Gasteiger partial charge in [0, 0.05) is 11.4 Å². The topological polar surface area (TPSA) is 64.6 Å². The van der Waals surface area contributed by atoms with Gasteiger partial charge in [0.25, 0.3) is 5.91 Å². The lowest BCUT2D eigenvalue weighted by atomic mass is 10.2. The van der Waals surface area contributed by atoms with E-state index in [0.29, 0.717) is 13.0 Å². The van der Waals surface area contributed by atoms with Gasteiger partial charge in [-0.1, -0.05) is 29.3 Å². The van der Waals surface area contributed by atoms with Crippen LogP contribution >= 0.6 is 11.6 Å². The van der Waals surface area contributed by atoms with Crippen molar-refractivity contribution in [1.82, 2.24) is 0 Å². The van der Waals surface area contributed by atoms with Gasteiger partial charge in [-0.15, -0.1) is 0 Å². The lowest BCUT2D eigenvalue weighted by Crippen LogP contribution is -2.21. The number of carbonyl (C=O) groups is 2. The van der Waals surface area contributed by atoms with E-state index >= 15 is 0 Å². The van der Waals surface area contributed by atoms with Gasteiger partial charge in [0.2, 0.25) is 0 Å². The van der Waals surface area contributed by atoms with E-state index in [9.17, 15) is 14.0 Å². The molecule has 0 aliphatic rings. The van der Waals surface area contributed by atoms with E-state index in [-0.39, 0.29) is 17.1 Å². The van der Waals surface area contributed by atoms with E-state index in [4.69, 9.17) is 21.1 Å². The van der Waals surface area contributed by atoms with Crippen molar-refractivity contribution >= 4 is 29.2 Å². The summed E-state index contributed by atoms with van der Waals surface area (Å²) in [5.41, 5.74) is 1.11. The Labute approximate surface area is 156 Å². The fraction of sp³-hybridized carbons (Fsp3) is 0.263. The highest BCUT2D eigenvalue weighted by atomic mass is 35.5. The number of carbonyl (C=O) groups excluding carboxylic acids is 2. The van der Waals surface area contributed by atoms with E-state index in [2.05, 4.69) is 5.32 Å². The number of hydrogen-bond donors (Lipinski definition) is 1. The third-order valence-electron chi connectivity index (χ3n) is 3.38. The molecule has 0 aromatic heterocycles. The van der Waals surface area contributed by atoms with Crippen molar-refractivity contribution in [3.63, 3.8) is 0 Å². The molecule has 2 aromatic rings. The van der Waals surface area contributed by atoms with Gasteiger partial charge in [-0.3, -0.25) is 9.59 Å². The quantitative estimate of drug-likeness (QED) is 0.553. The van der Waals surface area contributed by atoms with Crippen molar-refractivity contribution in [2.75, 3.05) is 18.5 Å². The minimum absolute atomic E-state index is 0.0260. The van der Waals surface area contributed by atoms with Gasteiger partial charge >= 0.3 is 5.97 Å². The Morgan fingerprint density at radius 2 is 1.88 bits per heavy atom. The predicted octanol–water partition coefficient (Wildman–Crippen LogP) is 4.13. The molecule has 0 saturated carbocycles. The first kappa shape index (κ1) is 19.7. The highest BCUT2D eigenvalue weighted by Crippen LogP contribution is 2.18. The summed E-state index contributed by atoms with van der Waals surface area (Å²) in [5.74, 6) is -1.08. The van der Waals surface area contributed by atoms with Crippen LogP contribution in [0.1, 0.15) is 18.4 Å². The van der Waals surface area contributed by atoms with Gasteiger partial charge in [0.15, 0.2) is 6.61 Å². The van der Waals surface area contributed by atoms with Gasteiger partial charge in [-0.05, 0) is 43.7 Å². The first-order chi connectivity index (χ1) is 12.4. The number of rotatable bonds is 8. The molecule has 0 heterocycles. The van der Waals surface area contributed by atoms with Crippen LogP contribution in [0.4, 0.5) is 10.1 Å². The monoisotopic (exact) mass is 379 g/mol. The first-order valence-electron chi connectivity index (χ1n) is 8.04. The summed E-state index contributed by atoms with van der Waals surface area (Å²) in [5, 5.41) is 2.53. The van der Waals surface area contributed by atoms with Crippen LogP contribution in [0, 0.1) is 12.7 Å². The molecule has 0 radical (unpaired) electrons. The predicted molar refractivity (Wildman–Crippen MR) is 96.9 cm³/mol. The molecule has 0 bridgehead atoms. The first-order valence-corrected chi connectivity index (χ1v) is 8.42. The number of hydrogen-bond acceptors (Lipinski definition) is 4. The number of esters is 1. The summed E-state index contributed by atoms with van der Waals surface area (Å²) >= 11 is 5.63. The van der Waals surface area contributed by atoms with Crippen LogP contribution in [0.15, 0.2) is 42.5 Å². The molecule has 0 fully saturated rings. The minimum Gasteiger partial charge on any atom is -0.494 e. The molecule has 0 unspecified atom stereocenters. The summed E-state index contributed by atoms with van der Waals surface area (Å²) < 4.78 is 23.9. The van der Waals surface area contributed by atoms with Crippen LogP contribution in [0.3, 0.4) is 0 Å². The Bertz CT molecular complexity index is 765. The van der Waals surface area contributed by atoms with Gasteiger partial charge < -0.3 is 14.8 Å². The Morgan fingerprint density at radius 1 is 1.15 bits per heavy atom. The molecule has 5 nitrogen and oxygen atoms in total. The Balaban J connectivity index is 1.63. The van der Waals surface area contributed by atoms with E-state index in [0.717, 1.165) is 17.4 Å². The van der Waals surface area contributed by atoms with Crippen LogP contribution in [0.5, 0.6) is 5.75 Å². The normalized spacial score (nSPS) is 10.3. The molecular formula is C19H19ClFNO4. The van der Waals surface area contributed by atoms with Crippen molar-refractivity contribution in [2.24, 2.45) is 0 Å². The molecule has 7 heteroatoms. The third-order valence-corrected chi connectivity index (χ3v) is 3.62. The molecule has 0 atom stereocenters. The van der Waals surface area contributed by atoms with Crippen molar-refractivity contribution in [2.45, 2.75) is 19.8 Å². The average Bonchev–Trinajstić information content (AvgIpc) is 2.61. The number of halogens is 2. The second-order valence-electron chi connectivity index (χ2n) is 5.60. The Morgan fingerprint density at radius 3 is 2.58 bits per heavy atom. The standard InChI is InChI=1S/C19H19ClFNO4/c1-13-4-7-15(8-5-13)25-10-2-3-19(24)26-12-18(23)22-17-9-6-14(20)11-16(17)21/h4-9,11H,2-3,10,12H2,1H3,(H,22,23). The average molecular weight is 380 g/mol. The van der Waals surface area contributed by atoms with E-state index in [1.807, 2.05) is 31.2 Å². The molecule has 0 spiro atoms. The summed E-state index contributed by atoms with van der Waals surface area (Å²) in [6.07, 6.45) is 0.578. The number of anilines is 1. The fourth-order valence-electron chi connectivity index (χ4n) is 2.04. The highest BCUT2D eigenvalue weighted by Gasteiger charge is 2.10. The number of aryl methyl sites for hydroxylation is 1. The lowest BCUT2D eigenvalue weighted by molar-refractivity contribution is -0.147. The van der Waals surface area contributed by atoms with Crippen LogP contribution in [-0.2, 0) is 14.3 Å². The van der Waals surface area contributed by atoms with E-state index in [1.54, 1.807) is 0 Å². The van der Waals surface area contributed by atoms with Gasteiger partial charge in [-0.25, -0.2) is 4.39 Å². The molecular weight excluding hydrogens is 361 g/mol. The van der Waals surface area contributed by atoms with Crippen LogP contribution in [0.25, 0.3) is 0 Å². The summed E-state index contributed by atoms with van der Waals surface area (Å²) in [6.45, 7) is 1.86. The molecule has 1 N–H and O–H groups in total. The molecule has 0 aliphatic heterocycles. The second kappa shape index (κ2) is 9.77. The largest absolute Gasteiger partial charge is 0.494 e. The van der Waals surface area contributed by atoms with Crippen molar-refractivity contribution in [1.29, 1.82) is 0 Å². The number of amides is 1. The molecule has 0 saturated heterocycles. The Kier molecular flexibility index (Phi) is 7.41. The maximum atomic E-state index is 13.6. The zero-order valence-corrected chi connectivity index (χ0v) is 15.0. The number of ether oxygens (including phenoxy) is 2. The summed E-state index contributed by atoms with van der Waals surface area (Å²) in [6, 6.07) is 11.4. The smallest absolute Gasteiger partial charge is 0.306 e. The van der Waals surface area contributed by atoms with Crippen LogP contribution < -0.4 is 10.1 Å². The zero-order chi connectivity index (χ0) is 18.9. The molecule has 1 amide bonds. The highest BCUT2D eigenvalue weighted by molar-refractivity contribution is 6.30. The summed E-state index contributed by atoms with van der Waals surface area (Å²) in [4.78, 5) is 23.3. The zero-order valence-electron chi connectivity index (χ0n) is 14.3. The van der Waals surface area contributed by atoms with Gasteiger partial charge in [0.1, 0.15) is 11.6 Å². The minimum atomic E-state index is -0.662. The van der Waals surface area contributed by atoms with Crippen LogP contribution in [-0.4, -0.2) is 25.1 Å². The molecule has 26 heavy (non-hydrogen) atoms. The molecule has 0 aliphatic carbocycles. The van der Waals surface area contributed by atoms with Crippen molar-refractivity contribution in [3.8, 4) is 5.75 Å². The maximum absolute atomic E-state index is 13.6. The van der Waals surface area contributed by atoms with Crippen LogP contribution in [0.2, 0.25) is 5.02 Å². The fourth-order valence-corrected chi connectivity index (χ4v) is 2.20. The second-order valence-corrected chi connectivity index (χ2v) is 6.03. The van der Waals surface area contributed by atoms with E-state index < -0.39 is 24.3 Å². The molecule has 138 valence electrons. The van der Waals surface area contributed by atoms with Crippen molar-refractivity contribution in [3.05, 3.63) is 58.9 Å². The maximum Gasteiger partial charge on any atom is 0.306 e. The molecule has 2 aromatic carbocycles. The number of benzene rings is 2. The Hall–Kier alpha value is -2.60. The SMILES string of the molecule is Cc1ccc(OCCCC(=O)OCC(=O)Nc2ccc(Cl)cc2F)cc1. The lowest BCUT2D eigenvalue weighted by Gasteiger charge is -2.08. The molecule has 2 rings (SSSR count). The number of nitrogens with one attached hydrogen (secondary N) is 1. The van der Waals surface area contributed by atoms with Gasteiger partial charge in [0.05, 0.1) is 12.3 Å². The summed E-state index contributed by atoms with van der Waals surface area (Å²) in [7, 11) is 0. The van der Waals surface area contributed by atoms with Crippen molar-refractivity contribution < 1.29 is 23.5 Å². The third kappa shape index (κ3) is 6.72. The van der Waals surface area contributed by atoms with E-state index in [1.165, 1.54) is 12.1 Å².